The summed E-state index contributed by atoms with van der Waals surface area (Å²) >= 11 is 0. The van der Waals surface area contributed by atoms with Crippen molar-refractivity contribution in [3.63, 3.8) is 0 Å². The Bertz CT molecular complexity index is 876. The first-order valence-corrected chi connectivity index (χ1v) is 11.4. The van der Waals surface area contributed by atoms with Crippen molar-refractivity contribution in [3.05, 3.63) is 53.9 Å². The number of aryl methyl sites for hydroxylation is 1. The molecule has 1 saturated heterocycles. The third kappa shape index (κ3) is 5.34. The van der Waals surface area contributed by atoms with Gasteiger partial charge in [-0.2, -0.15) is 5.10 Å². The molecule has 2 fully saturated rings. The molecule has 1 saturated carbocycles. The van der Waals surface area contributed by atoms with Crippen molar-refractivity contribution in [1.82, 2.24) is 19.6 Å². The van der Waals surface area contributed by atoms with Gasteiger partial charge in [0.2, 0.25) is 5.91 Å². The van der Waals surface area contributed by atoms with Crippen molar-refractivity contribution >= 4 is 11.8 Å². The van der Waals surface area contributed by atoms with E-state index in [1.165, 1.54) is 6.42 Å². The third-order valence-corrected chi connectivity index (χ3v) is 6.31. The maximum Gasteiger partial charge on any atom is 0.257 e. The van der Waals surface area contributed by atoms with Crippen LogP contribution in [-0.4, -0.2) is 63.2 Å². The summed E-state index contributed by atoms with van der Waals surface area (Å²) < 4.78 is 7.98. The van der Waals surface area contributed by atoms with Gasteiger partial charge in [-0.3, -0.25) is 14.3 Å². The van der Waals surface area contributed by atoms with Crippen LogP contribution in [0.25, 0.3) is 0 Å². The number of hydrogen-bond acceptors (Lipinski definition) is 4. The highest BCUT2D eigenvalue weighted by atomic mass is 16.5. The first-order valence-electron chi connectivity index (χ1n) is 11.4. The molecule has 7 nitrogen and oxygen atoms in total. The minimum Gasteiger partial charge on any atom is -0.370 e. The number of amides is 2. The van der Waals surface area contributed by atoms with Gasteiger partial charge in [0, 0.05) is 31.9 Å². The number of carbonyl (C=O) groups excluding carboxylic acids is 2. The first-order chi connectivity index (χ1) is 15.1. The van der Waals surface area contributed by atoms with Gasteiger partial charge in [-0.25, -0.2) is 0 Å². The summed E-state index contributed by atoms with van der Waals surface area (Å²) in [6, 6.07) is 10.3. The Labute approximate surface area is 184 Å². The Morgan fingerprint density at radius 1 is 1.13 bits per heavy atom. The average molecular weight is 425 g/mol. The molecule has 1 aliphatic carbocycles. The van der Waals surface area contributed by atoms with E-state index in [1.807, 2.05) is 42.2 Å². The fourth-order valence-electron chi connectivity index (χ4n) is 4.57. The molecule has 1 unspecified atom stereocenters. The molecular formula is C24H32N4O3. The van der Waals surface area contributed by atoms with Crippen molar-refractivity contribution in [2.75, 3.05) is 19.6 Å². The second-order valence-electron chi connectivity index (χ2n) is 8.53. The van der Waals surface area contributed by atoms with E-state index in [-0.39, 0.29) is 30.5 Å². The van der Waals surface area contributed by atoms with Crippen molar-refractivity contribution in [1.29, 1.82) is 0 Å². The summed E-state index contributed by atoms with van der Waals surface area (Å²) in [5.41, 5.74) is 1.60. The molecule has 0 spiro atoms. The zero-order chi connectivity index (χ0) is 21.6. The Morgan fingerprint density at radius 2 is 1.90 bits per heavy atom. The van der Waals surface area contributed by atoms with E-state index in [0.717, 1.165) is 31.2 Å². The average Bonchev–Trinajstić information content (AvgIpc) is 3.23. The summed E-state index contributed by atoms with van der Waals surface area (Å²) in [6.07, 6.45) is 8.72. The van der Waals surface area contributed by atoms with Gasteiger partial charge in [-0.15, -0.1) is 0 Å². The molecule has 1 aliphatic heterocycles. The molecule has 31 heavy (non-hydrogen) atoms. The first kappa shape index (κ1) is 21.6. The lowest BCUT2D eigenvalue weighted by Crippen LogP contribution is -2.46. The lowest BCUT2D eigenvalue weighted by molar-refractivity contribution is -0.134. The molecule has 2 aliphatic rings. The summed E-state index contributed by atoms with van der Waals surface area (Å²) in [5.74, 6) is -0.138. The van der Waals surface area contributed by atoms with Crippen LogP contribution in [-0.2, 0) is 22.7 Å². The smallest absolute Gasteiger partial charge is 0.257 e. The van der Waals surface area contributed by atoms with Gasteiger partial charge < -0.3 is 14.5 Å². The normalized spacial score (nSPS) is 20.7. The van der Waals surface area contributed by atoms with Crippen molar-refractivity contribution in [3.8, 4) is 0 Å². The van der Waals surface area contributed by atoms with Crippen LogP contribution >= 0.6 is 0 Å². The fourth-order valence-corrected chi connectivity index (χ4v) is 4.57. The lowest BCUT2D eigenvalue weighted by atomic mass is 9.94. The van der Waals surface area contributed by atoms with Crippen molar-refractivity contribution in [2.45, 2.75) is 64.3 Å². The zero-order valence-corrected chi connectivity index (χ0v) is 18.3. The number of benzene rings is 1. The molecule has 0 N–H and O–H groups in total. The Balaban J connectivity index is 1.52. The van der Waals surface area contributed by atoms with Crippen LogP contribution in [0.15, 0.2) is 42.7 Å². The molecule has 2 amide bonds. The number of rotatable bonds is 6. The second-order valence-corrected chi connectivity index (χ2v) is 8.53. The Hall–Kier alpha value is -2.67. The van der Waals surface area contributed by atoms with E-state index in [0.29, 0.717) is 31.8 Å². The van der Waals surface area contributed by atoms with Gasteiger partial charge in [-0.05, 0) is 25.3 Å². The standard InChI is InChI=1S/C24H32N4O3/c1-2-27-14-20(13-25-27)24(30)26-15-22(31-18-19-9-5-3-6-10-19)16-28(23(29)17-26)21-11-7-4-8-12-21/h3,5-6,9-10,13-14,21-22H,2,4,7-8,11-12,15-18H2,1H3. The maximum atomic E-state index is 13.2. The van der Waals surface area contributed by atoms with E-state index in [2.05, 4.69) is 5.10 Å². The third-order valence-electron chi connectivity index (χ3n) is 6.31. The van der Waals surface area contributed by atoms with Crippen LogP contribution in [0.5, 0.6) is 0 Å². The van der Waals surface area contributed by atoms with E-state index < -0.39 is 0 Å². The van der Waals surface area contributed by atoms with Gasteiger partial charge >= 0.3 is 0 Å². The number of aromatic nitrogens is 2. The van der Waals surface area contributed by atoms with Crippen molar-refractivity contribution < 1.29 is 14.3 Å². The molecule has 2 heterocycles. The van der Waals surface area contributed by atoms with Gasteiger partial charge in [0.1, 0.15) is 6.54 Å². The van der Waals surface area contributed by atoms with Crippen LogP contribution in [0, 0.1) is 0 Å². The van der Waals surface area contributed by atoms with Gasteiger partial charge in [0.05, 0.1) is 24.5 Å². The van der Waals surface area contributed by atoms with E-state index in [9.17, 15) is 9.59 Å². The van der Waals surface area contributed by atoms with Crippen LogP contribution in [0.2, 0.25) is 0 Å². The highest BCUT2D eigenvalue weighted by Crippen LogP contribution is 2.25. The topological polar surface area (TPSA) is 67.7 Å². The molecule has 1 aromatic carbocycles. The van der Waals surface area contributed by atoms with E-state index >= 15 is 0 Å². The molecule has 166 valence electrons. The highest BCUT2D eigenvalue weighted by molar-refractivity contribution is 5.96. The number of hydrogen-bond donors (Lipinski definition) is 0. The summed E-state index contributed by atoms with van der Waals surface area (Å²) in [4.78, 5) is 30.0. The quantitative estimate of drug-likeness (QED) is 0.715. The molecule has 7 heteroatoms. The molecule has 0 bridgehead atoms. The molecule has 1 aromatic heterocycles. The minimum atomic E-state index is -0.223. The SMILES string of the molecule is CCn1cc(C(=O)N2CC(=O)N(C3CCCCC3)CC(OCc3ccccc3)C2)cn1. The van der Waals surface area contributed by atoms with Crippen LogP contribution in [0.4, 0.5) is 0 Å². The minimum absolute atomic E-state index is 0.0222. The van der Waals surface area contributed by atoms with E-state index in [4.69, 9.17) is 4.74 Å². The number of ether oxygens (including phenoxy) is 1. The summed E-state index contributed by atoms with van der Waals surface area (Å²) in [7, 11) is 0. The predicted octanol–water partition coefficient (Wildman–Crippen LogP) is 3.11. The molecule has 1 atom stereocenters. The van der Waals surface area contributed by atoms with Crippen LogP contribution < -0.4 is 0 Å². The molecule has 4 rings (SSSR count). The maximum absolute atomic E-state index is 13.2. The lowest BCUT2D eigenvalue weighted by Gasteiger charge is -2.34. The van der Waals surface area contributed by atoms with E-state index in [1.54, 1.807) is 22.0 Å². The van der Waals surface area contributed by atoms with Gasteiger partial charge in [-0.1, -0.05) is 49.6 Å². The Morgan fingerprint density at radius 3 is 2.61 bits per heavy atom. The van der Waals surface area contributed by atoms with Gasteiger partial charge in [0.25, 0.3) is 5.91 Å². The predicted molar refractivity (Wildman–Crippen MR) is 117 cm³/mol. The van der Waals surface area contributed by atoms with Gasteiger partial charge in [0.15, 0.2) is 0 Å². The molecule has 2 aromatic rings. The Kier molecular flexibility index (Phi) is 7.02. The number of carbonyl (C=O) groups is 2. The van der Waals surface area contributed by atoms with Crippen molar-refractivity contribution in [2.24, 2.45) is 0 Å². The molecule has 0 radical (unpaired) electrons. The van der Waals surface area contributed by atoms with Crippen LogP contribution in [0.1, 0.15) is 54.9 Å². The largest absolute Gasteiger partial charge is 0.370 e. The number of nitrogens with zero attached hydrogens (tertiary/aromatic N) is 4. The summed E-state index contributed by atoms with van der Waals surface area (Å²) in [5, 5.41) is 4.22. The summed E-state index contributed by atoms with van der Waals surface area (Å²) in [6.45, 7) is 4.18. The fraction of sp³-hybridized carbons (Fsp3) is 0.542. The highest BCUT2D eigenvalue weighted by Gasteiger charge is 2.35. The monoisotopic (exact) mass is 424 g/mol. The zero-order valence-electron chi connectivity index (χ0n) is 18.3. The molecular weight excluding hydrogens is 392 g/mol. The van der Waals surface area contributed by atoms with Crippen LogP contribution in [0.3, 0.4) is 0 Å². The second kappa shape index (κ2) is 10.1.